The van der Waals surface area contributed by atoms with Crippen molar-refractivity contribution in [3.63, 3.8) is 0 Å². The fraction of sp³-hybridized carbons (Fsp3) is 0.400. The highest BCUT2D eigenvalue weighted by atomic mass is 35.5. The number of hydrogen-bond acceptors (Lipinski definition) is 5. The number of carbonyl (C=O) groups is 1. The molecule has 0 spiro atoms. The summed E-state index contributed by atoms with van der Waals surface area (Å²) < 4.78 is 4.71. The molecule has 0 radical (unpaired) electrons. The summed E-state index contributed by atoms with van der Waals surface area (Å²) in [5.41, 5.74) is 7.33. The molecular weight excluding hydrogens is 304 g/mol. The molecule has 3 N–H and O–H groups in total. The highest BCUT2D eigenvalue weighted by Gasteiger charge is 2.20. The number of aromatic nitrogens is 2. The fourth-order valence-corrected chi connectivity index (χ4v) is 2.60. The Labute approximate surface area is 134 Å². The summed E-state index contributed by atoms with van der Waals surface area (Å²) in [5.74, 6) is 0.471. The molecule has 0 aliphatic heterocycles. The Bertz CT molecular complexity index is 593. The van der Waals surface area contributed by atoms with Gasteiger partial charge in [0.15, 0.2) is 0 Å². The Kier molecular flexibility index (Phi) is 5.51. The minimum absolute atomic E-state index is 0. The maximum atomic E-state index is 12.2. The van der Waals surface area contributed by atoms with E-state index >= 15 is 0 Å². The molecule has 2 aromatic rings. The number of halogens is 1. The summed E-state index contributed by atoms with van der Waals surface area (Å²) in [6.45, 7) is 0. The van der Waals surface area contributed by atoms with Gasteiger partial charge in [-0.3, -0.25) is 4.79 Å². The smallest absolute Gasteiger partial charge is 0.251 e. The molecule has 7 heteroatoms. The number of rotatable bonds is 3. The molecule has 1 aliphatic carbocycles. The van der Waals surface area contributed by atoms with Crippen molar-refractivity contribution in [3.05, 3.63) is 36.2 Å². The lowest BCUT2D eigenvalue weighted by atomic mass is 9.91. The van der Waals surface area contributed by atoms with E-state index in [4.69, 9.17) is 10.3 Å². The third-order valence-corrected chi connectivity index (χ3v) is 3.87. The van der Waals surface area contributed by atoms with Crippen molar-refractivity contribution >= 4 is 18.3 Å². The van der Waals surface area contributed by atoms with Gasteiger partial charge in [0.05, 0.1) is 0 Å². The van der Waals surface area contributed by atoms with E-state index < -0.39 is 0 Å². The molecule has 1 heterocycles. The number of carbonyl (C=O) groups excluding carboxylic acids is 1. The number of amides is 1. The van der Waals surface area contributed by atoms with Crippen LogP contribution in [0.15, 0.2) is 35.2 Å². The van der Waals surface area contributed by atoms with Crippen LogP contribution < -0.4 is 11.1 Å². The van der Waals surface area contributed by atoms with Crippen molar-refractivity contribution in [2.45, 2.75) is 37.8 Å². The summed E-state index contributed by atoms with van der Waals surface area (Å²) in [4.78, 5) is 16.2. The molecule has 0 atom stereocenters. The lowest BCUT2D eigenvalue weighted by Crippen LogP contribution is -2.40. The van der Waals surface area contributed by atoms with E-state index in [2.05, 4.69) is 15.5 Å². The molecular formula is C15H19ClN4O2. The van der Waals surface area contributed by atoms with Gasteiger partial charge < -0.3 is 15.6 Å². The van der Waals surface area contributed by atoms with E-state index in [9.17, 15) is 4.79 Å². The first-order valence-electron chi connectivity index (χ1n) is 7.15. The molecule has 6 nitrogen and oxygen atoms in total. The van der Waals surface area contributed by atoms with Gasteiger partial charge in [-0.2, -0.15) is 4.98 Å². The maximum absolute atomic E-state index is 12.2. The van der Waals surface area contributed by atoms with Crippen LogP contribution >= 0.6 is 12.4 Å². The van der Waals surface area contributed by atoms with Crippen molar-refractivity contribution < 1.29 is 9.32 Å². The zero-order valence-corrected chi connectivity index (χ0v) is 12.9. The van der Waals surface area contributed by atoms with E-state index in [-0.39, 0.29) is 30.4 Å². The quantitative estimate of drug-likeness (QED) is 0.903. The zero-order valence-electron chi connectivity index (χ0n) is 12.1. The van der Waals surface area contributed by atoms with Crippen LogP contribution in [0.25, 0.3) is 11.4 Å². The standard InChI is InChI=1S/C15H18N4O2.ClH/c16-12-5-7-13(8-6-12)18-15(20)11-3-1-10(2-4-11)14-17-9-21-19-14;/h1-4,9,12-13H,5-8,16H2,(H,18,20);1H. The SMILES string of the molecule is Cl.NC1CCC(NC(=O)c2ccc(-c3ncon3)cc2)CC1. The summed E-state index contributed by atoms with van der Waals surface area (Å²) in [7, 11) is 0. The average molecular weight is 323 g/mol. The monoisotopic (exact) mass is 322 g/mol. The molecule has 118 valence electrons. The normalized spacial score (nSPS) is 21.0. The first-order valence-corrected chi connectivity index (χ1v) is 7.15. The summed E-state index contributed by atoms with van der Waals surface area (Å²) in [6, 6.07) is 7.69. The Morgan fingerprint density at radius 3 is 2.45 bits per heavy atom. The number of nitrogens with two attached hydrogens (primary N) is 1. The van der Waals surface area contributed by atoms with Crippen LogP contribution in [0.4, 0.5) is 0 Å². The molecule has 1 aliphatic rings. The number of benzene rings is 1. The van der Waals surface area contributed by atoms with E-state index in [1.54, 1.807) is 12.1 Å². The maximum Gasteiger partial charge on any atom is 0.251 e. The van der Waals surface area contributed by atoms with Crippen LogP contribution in [-0.2, 0) is 0 Å². The van der Waals surface area contributed by atoms with Crippen LogP contribution in [0.1, 0.15) is 36.0 Å². The van der Waals surface area contributed by atoms with Crippen LogP contribution in [-0.4, -0.2) is 28.1 Å². The minimum atomic E-state index is -0.0462. The van der Waals surface area contributed by atoms with Gasteiger partial charge in [0, 0.05) is 23.2 Å². The molecule has 1 amide bonds. The first kappa shape index (κ1) is 16.5. The second kappa shape index (κ2) is 7.38. The van der Waals surface area contributed by atoms with E-state index in [1.807, 2.05) is 12.1 Å². The predicted molar refractivity (Wildman–Crippen MR) is 84.7 cm³/mol. The number of nitrogens with one attached hydrogen (secondary N) is 1. The van der Waals surface area contributed by atoms with Gasteiger partial charge in [-0.15, -0.1) is 12.4 Å². The van der Waals surface area contributed by atoms with Crippen LogP contribution in [0.5, 0.6) is 0 Å². The molecule has 1 aromatic carbocycles. The largest absolute Gasteiger partial charge is 0.349 e. The van der Waals surface area contributed by atoms with Gasteiger partial charge in [0.2, 0.25) is 12.2 Å². The lowest BCUT2D eigenvalue weighted by Gasteiger charge is -2.26. The lowest BCUT2D eigenvalue weighted by molar-refractivity contribution is 0.0926. The summed E-state index contributed by atoms with van der Waals surface area (Å²) in [5, 5.41) is 6.83. The van der Waals surface area contributed by atoms with Crippen molar-refractivity contribution in [2.24, 2.45) is 5.73 Å². The number of hydrogen-bond donors (Lipinski definition) is 2. The van der Waals surface area contributed by atoms with Gasteiger partial charge >= 0.3 is 0 Å². The Hall–Kier alpha value is -1.92. The third kappa shape index (κ3) is 3.84. The minimum Gasteiger partial charge on any atom is -0.349 e. The van der Waals surface area contributed by atoms with E-state index in [1.165, 1.54) is 6.39 Å². The molecule has 3 rings (SSSR count). The Morgan fingerprint density at radius 1 is 1.18 bits per heavy atom. The molecule has 1 fully saturated rings. The van der Waals surface area contributed by atoms with Gasteiger partial charge in [0.25, 0.3) is 5.91 Å². The Morgan fingerprint density at radius 2 is 1.86 bits per heavy atom. The van der Waals surface area contributed by atoms with Crippen molar-refractivity contribution in [1.29, 1.82) is 0 Å². The van der Waals surface area contributed by atoms with Crippen molar-refractivity contribution in [2.75, 3.05) is 0 Å². The Balaban J connectivity index is 0.00000176. The highest BCUT2D eigenvalue weighted by molar-refractivity contribution is 5.94. The zero-order chi connectivity index (χ0) is 14.7. The molecule has 0 unspecified atom stereocenters. The topological polar surface area (TPSA) is 94.0 Å². The molecule has 1 aromatic heterocycles. The fourth-order valence-electron chi connectivity index (χ4n) is 2.60. The molecule has 0 bridgehead atoms. The van der Waals surface area contributed by atoms with Crippen LogP contribution in [0.3, 0.4) is 0 Å². The molecule has 0 saturated heterocycles. The van der Waals surface area contributed by atoms with Gasteiger partial charge in [0.1, 0.15) is 0 Å². The van der Waals surface area contributed by atoms with Crippen molar-refractivity contribution in [1.82, 2.24) is 15.5 Å². The first-order chi connectivity index (χ1) is 10.2. The van der Waals surface area contributed by atoms with Gasteiger partial charge in [-0.25, -0.2) is 0 Å². The van der Waals surface area contributed by atoms with Crippen LogP contribution in [0, 0.1) is 0 Å². The van der Waals surface area contributed by atoms with E-state index in [0.717, 1.165) is 31.2 Å². The van der Waals surface area contributed by atoms with Gasteiger partial charge in [-0.1, -0.05) is 17.3 Å². The summed E-state index contributed by atoms with van der Waals surface area (Å²) in [6.07, 6.45) is 5.13. The second-order valence-electron chi connectivity index (χ2n) is 5.42. The van der Waals surface area contributed by atoms with Gasteiger partial charge in [-0.05, 0) is 37.8 Å². The van der Waals surface area contributed by atoms with E-state index in [0.29, 0.717) is 11.4 Å². The molecule has 1 saturated carbocycles. The second-order valence-corrected chi connectivity index (χ2v) is 5.42. The average Bonchev–Trinajstić information content (AvgIpc) is 3.04. The number of nitrogens with zero attached hydrogens (tertiary/aromatic N) is 2. The third-order valence-electron chi connectivity index (χ3n) is 3.87. The highest BCUT2D eigenvalue weighted by Crippen LogP contribution is 2.18. The molecule has 22 heavy (non-hydrogen) atoms. The van der Waals surface area contributed by atoms with Crippen molar-refractivity contribution in [3.8, 4) is 11.4 Å². The van der Waals surface area contributed by atoms with Crippen LogP contribution in [0.2, 0.25) is 0 Å². The predicted octanol–water partition coefficient (Wildman–Crippen LogP) is 2.16. The summed E-state index contributed by atoms with van der Waals surface area (Å²) >= 11 is 0.